The second-order valence-electron chi connectivity index (χ2n) is 7.34. The van der Waals surface area contributed by atoms with E-state index in [0.29, 0.717) is 23.1 Å². The first-order valence-electron chi connectivity index (χ1n) is 10.6. The van der Waals surface area contributed by atoms with Gasteiger partial charge in [0.05, 0.1) is 13.3 Å². The van der Waals surface area contributed by atoms with Crippen molar-refractivity contribution in [3.05, 3.63) is 87.9 Å². The number of nitrogens with zero attached hydrogens (tertiary/aromatic N) is 1. The molecule has 6 nitrogen and oxygen atoms in total. The Balaban J connectivity index is 1.53. The third kappa shape index (κ3) is 6.99. The second-order valence-corrected chi connectivity index (χ2v) is 7.78. The molecule has 0 fully saturated rings. The number of para-hydroxylation sites is 1. The van der Waals surface area contributed by atoms with E-state index in [-0.39, 0.29) is 12.5 Å². The van der Waals surface area contributed by atoms with Gasteiger partial charge in [-0.3, -0.25) is 4.79 Å². The maximum absolute atomic E-state index is 12.2. The number of hydrogen-bond acceptors (Lipinski definition) is 5. The Labute approximate surface area is 199 Å². The van der Waals surface area contributed by atoms with E-state index in [1.807, 2.05) is 62.4 Å². The SMILES string of the molecule is CCc1cccc(C)c1NC(=O)CO/N=C/c1ccc(OCc2ccc(Cl)cc2)c(OC)c1. The molecule has 1 amide bonds. The molecule has 172 valence electrons. The van der Waals surface area contributed by atoms with E-state index in [0.717, 1.165) is 34.4 Å². The normalized spacial score (nSPS) is 10.8. The molecule has 0 aliphatic rings. The highest BCUT2D eigenvalue weighted by Gasteiger charge is 2.09. The number of methoxy groups -OCH3 is 1. The summed E-state index contributed by atoms with van der Waals surface area (Å²) in [5, 5.41) is 7.48. The van der Waals surface area contributed by atoms with E-state index >= 15 is 0 Å². The van der Waals surface area contributed by atoms with E-state index in [4.69, 9.17) is 25.9 Å². The molecule has 0 aromatic heterocycles. The van der Waals surface area contributed by atoms with Crippen LogP contribution in [0.3, 0.4) is 0 Å². The van der Waals surface area contributed by atoms with Gasteiger partial charge in [0.15, 0.2) is 18.1 Å². The van der Waals surface area contributed by atoms with E-state index in [1.54, 1.807) is 19.2 Å². The highest BCUT2D eigenvalue weighted by atomic mass is 35.5. The summed E-state index contributed by atoms with van der Waals surface area (Å²) in [7, 11) is 1.57. The van der Waals surface area contributed by atoms with E-state index < -0.39 is 0 Å². The molecule has 0 bridgehead atoms. The van der Waals surface area contributed by atoms with Crippen LogP contribution in [0.2, 0.25) is 5.02 Å². The molecular formula is C26H27ClN2O4. The minimum Gasteiger partial charge on any atom is -0.493 e. The van der Waals surface area contributed by atoms with Crippen LogP contribution in [0, 0.1) is 6.92 Å². The number of rotatable bonds is 10. The molecule has 1 N–H and O–H groups in total. The van der Waals surface area contributed by atoms with Gasteiger partial charge >= 0.3 is 0 Å². The predicted molar refractivity (Wildman–Crippen MR) is 132 cm³/mol. The average Bonchev–Trinajstić information content (AvgIpc) is 2.83. The average molecular weight is 467 g/mol. The van der Waals surface area contributed by atoms with Crippen molar-refractivity contribution in [3.8, 4) is 11.5 Å². The molecule has 3 aromatic rings. The van der Waals surface area contributed by atoms with Gasteiger partial charge in [-0.15, -0.1) is 0 Å². The number of ether oxygens (including phenoxy) is 2. The van der Waals surface area contributed by atoms with Crippen molar-refractivity contribution in [2.45, 2.75) is 26.9 Å². The van der Waals surface area contributed by atoms with E-state index in [2.05, 4.69) is 10.5 Å². The number of amides is 1. The third-order valence-electron chi connectivity index (χ3n) is 4.97. The Morgan fingerprint density at radius 3 is 2.61 bits per heavy atom. The topological polar surface area (TPSA) is 69.2 Å². The molecule has 0 aliphatic carbocycles. The summed E-state index contributed by atoms with van der Waals surface area (Å²) in [6.07, 6.45) is 2.35. The number of hydrogen-bond donors (Lipinski definition) is 1. The smallest absolute Gasteiger partial charge is 0.265 e. The summed E-state index contributed by atoms with van der Waals surface area (Å²) in [5.74, 6) is 0.909. The fraction of sp³-hybridized carbons (Fsp3) is 0.231. The van der Waals surface area contributed by atoms with Crippen molar-refractivity contribution in [1.82, 2.24) is 0 Å². The van der Waals surface area contributed by atoms with Crippen molar-refractivity contribution >= 4 is 29.4 Å². The molecule has 3 rings (SSSR count). The minimum atomic E-state index is -0.264. The number of nitrogens with one attached hydrogen (secondary N) is 1. The van der Waals surface area contributed by atoms with Crippen LogP contribution in [0.15, 0.2) is 65.8 Å². The zero-order valence-corrected chi connectivity index (χ0v) is 19.7. The maximum Gasteiger partial charge on any atom is 0.265 e. The molecule has 0 saturated carbocycles. The number of carbonyl (C=O) groups is 1. The summed E-state index contributed by atoms with van der Waals surface area (Å²) in [5.41, 5.74) is 4.67. The van der Waals surface area contributed by atoms with Crippen LogP contribution in [-0.2, 0) is 22.7 Å². The lowest BCUT2D eigenvalue weighted by molar-refractivity contribution is -0.120. The lowest BCUT2D eigenvalue weighted by Crippen LogP contribution is -2.18. The highest BCUT2D eigenvalue weighted by molar-refractivity contribution is 6.30. The number of oxime groups is 1. The van der Waals surface area contributed by atoms with Crippen molar-refractivity contribution in [2.24, 2.45) is 5.16 Å². The Hall–Kier alpha value is -3.51. The molecule has 7 heteroatoms. The lowest BCUT2D eigenvalue weighted by Gasteiger charge is -2.12. The number of aryl methyl sites for hydroxylation is 2. The zero-order chi connectivity index (χ0) is 23.6. The van der Waals surface area contributed by atoms with Gasteiger partial charge in [0.2, 0.25) is 0 Å². The standard InChI is InChI=1S/C26H27ClN2O4/c1-4-21-7-5-6-18(2)26(21)29-25(30)17-33-28-15-20-10-13-23(24(14-20)31-3)32-16-19-8-11-22(27)12-9-19/h5-15H,4,16-17H2,1-3H3,(H,29,30)/b28-15+. The van der Waals surface area contributed by atoms with Gasteiger partial charge < -0.3 is 19.6 Å². The van der Waals surface area contributed by atoms with Crippen molar-refractivity contribution in [2.75, 3.05) is 19.0 Å². The van der Waals surface area contributed by atoms with E-state index in [1.165, 1.54) is 6.21 Å². The van der Waals surface area contributed by atoms with Gasteiger partial charge in [-0.2, -0.15) is 0 Å². The first kappa shape index (κ1) is 24.1. The summed E-state index contributed by atoms with van der Waals surface area (Å²) in [6, 6.07) is 18.8. The van der Waals surface area contributed by atoms with Crippen LogP contribution in [0.5, 0.6) is 11.5 Å². The number of anilines is 1. The van der Waals surface area contributed by atoms with Gasteiger partial charge in [0.25, 0.3) is 5.91 Å². The molecule has 0 heterocycles. The van der Waals surface area contributed by atoms with Crippen LogP contribution in [0.25, 0.3) is 0 Å². The lowest BCUT2D eigenvalue weighted by atomic mass is 10.1. The predicted octanol–water partition coefficient (Wildman–Crippen LogP) is 5.79. The molecule has 33 heavy (non-hydrogen) atoms. The second kappa shape index (κ2) is 11.9. The number of halogens is 1. The third-order valence-corrected chi connectivity index (χ3v) is 5.22. The van der Waals surface area contributed by atoms with Crippen molar-refractivity contribution < 1.29 is 19.1 Å². The van der Waals surface area contributed by atoms with Gasteiger partial charge in [0.1, 0.15) is 6.61 Å². The fourth-order valence-electron chi connectivity index (χ4n) is 3.20. The van der Waals surface area contributed by atoms with Crippen LogP contribution >= 0.6 is 11.6 Å². The quantitative estimate of drug-likeness (QED) is 0.303. The zero-order valence-electron chi connectivity index (χ0n) is 18.9. The number of carbonyl (C=O) groups excluding carboxylic acids is 1. The maximum atomic E-state index is 12.2. The van der Waals surface area contributed by atoms with E-state index in [9.17, 15) is 4.79 Å². The first-order chi connectivity index (χ1) is 16.0. The first-order valence-corrected chi connectivity index (χ1v) is 11.0. The van der Waals surface area contributed by atoms with Gasteiger partial charge in [-0.05, 0) is 60.4 Å². The Morgan fingerprint density at radius 1 is 1.09 bits per heavy atom. The highest BCUT2D eigenvalue weighted by Crippen LogP contribution is 2.28. The van der Waals surface area contributed by atoms with Crippen LogP contribution in [-0.4, -0.2) is 25.8 Å². The van der Waals surface area contributed by atoms with Gasteiger partial charge in [0, 0.05) is 16.3 Å². The van der Waals surface area contributed by atoms with Crippen molar-refractivity contribution in [1.29, 1.82) is 0 Å². The number of benzene rings is 3. The molecule has 0 unspecified atom stereocenters. The Bertz CT molecular complexity index is 1110. The van der Waals surface area contributed by atoms with Gasteiger partial charge in [-0.25, -0.2) is 0 Å². The van der Waals surface area contributed by atoms with Crippen molar-refractivity contribution in [3.63, 3.8) is 0 Å². The fourth-order valence-corrected chi connectivity index (χ4v) is 3.32. The Morgan fingerprint density at radius 2 is 1.88 bits per heavy atom. The molecule has 3 aromatic carbocycles. The molecule has 0 atom stereocenters. The largest absolute Gasteiger partial charge is 0.493 e. The summed E-state index contributed by atoms with van der Waals surface area (Å²) < 4.78 is 11.3. The summed E-state index contributed by atoms with van der Waals surface area (Å²) in [6.45, 7) is 4.21. The summed E-state index contributed by atoms with van der Waals surface area (Å²) >= 11 is 5.91. The van der Waals surface area contributed by atoms with Gasteiger partial charge in [-0.1, -0.05) is 54.0 Å². The molecule has 0 saturated heterocycles. The molecule has 0 aliphatic heterocycles. The monoisotopic (exact) mass is 466 g/mol. The summed E-state index contributed by atoms with van der Waals surface area (Å²) in [4.78, 5) is 17.4. The Kier molecular flexibility index (Phi) is 8.72. The molecule has 0 spiro atoms. The van der Waals surface area contributed by atoms with Crippen LogP contribution in [0.1, 0.15) is 29.2 Å². The van der Waals surface area contributed by atoms with Crippen LogP contribution < -0.4 is 14.8 Å². The minimum absolute atomic E-state index is 0.187. The van der Waals surface area contributed by atoms with Crippen LogP contribution in [0.4, 0.5) is 5.69 Å². The molecular weight excluding hydrogens is 440 g/mol. The molecule has 0 radical (unpaired) electrons.